The summed E-state index contributed by atoms with van der Waals surface area (Å²) in [4.78, 5) is 34.6. The molecule has 0 radical (unpaired) electrons. The molecule has 0 unspecified atom stereocenters. The number of esters is 1. The van der Waals surface area contributed by atoms with Gasteiger partial charge in [-0.25, -0.2) is 0 Å². The van der Waals surface area contributed by atoms with Gasteiger partial charge in [0.05, 0.1) is 4.92 Å². The average Bonchev–Trinajstić information content (AvgIpc) is 2.93. The van der Waals surface area contributed by atoms with Gasteiger partial charge in [-0.3, -0.25) is 24.4 Å². The van der Waals surface area contributed by atoms with E-state index >= 15 is 0 Å². The van der Waals surface area contributed by atoms with Crippen LogP contribution in [0.4, 0.5) is 5.69 Å². The smallest absolute Gasteiger partial charge is 0.328 e. The van der Waals surface area contributed by atoms with Gasteiger partial charge in [0, 0.05) is 0 Å². The number of hydrogen-bond acceptors (Lipinski definition) is 6. The van der Waals surface area contributed by atoms with Crippen LogP contribution in [0.3, 0.4) is 0 Å². The van der Waals surface area contributed by atoms with Crippen LogP contribution in [0.1, 0.15) is 63.1 Å². The van der Waals surface area contributed by atoms with Gasteiger partial charge >= 0.3 is 11.7 Å². The molecule has 9 heteroatoms. The molecule has 1 fully saturated rings. The predicted molar refractivity (Wildman–Crippen MR) is 98.0 cm³/mol. The predicted octanol–water partition coefficient (Wildman–Crippen LogP) is 2.46. The van der Waals surface area contributed by atoms with Crippen LogP contribution in [0, 0.1) is 27.9 Å². The number of rotatable bonds is 7. The summed E-state index contributed by atoms with van der Waals surface area (Å²) >= 11 is 0. The minimum Gasteiger partial charge on any atom is -0.461 e. The first-order valence-corrected chi connectivity index (χ1v) is 9.38. The van der Waals surface area contributed by atoms with Gasteiger partial charge in [0.2, 0.25) is 5.69 Å². The largest absolute Gasteiger partial charge is 0.461 e. The topological polar surface area (TPSA) is 130 Å². The quantitative estimate of drug-likeness (QED) is 0.439. The Bertz CT molecular complexity index is 728. The molecule has 2 N–H and O–H groups in total. The summed E-state index contributed by atoms with van der Waals surface area (Å²) in [7, 11) is 0. The highest BCUT2D eigenvalue weighted by Gasteiger charge is 2.35. The summed E-state index contributed by atoms with van der Waals surface area (Å²) in [6.07, 6.45) is 2.99. The molecule has 2 rings (SSSR count). The Morgan fingerprint density at radius 1 is 1.41 bits per heavy atom. The van der Waals surface area contributed by atoms with E-state index in [0.717, 1.165) is 23.9 Å². The van der Waals surface area contributed by atoms with Crippen molar-refractivity contribution in [2.24, 2.45) is 23.5 Å². The Kier molecular flexibility index (Phi) is 6.56. The Balaban J connectivity index is 2.21. The SMILES string of the molecule is CCc1c([N+](=O)[O-])c(C(N)=O)nn1CC(=O)O[C@@H]1C[C@H](C)CC[C@H]1C(C)C. The van der Waals surface area contributed by atoms with Crippen molar-refractivity contribution in [1.82, 2.24) is 9.78 Å². The van der Waals surface area contributed by atoms with Gasteiger partial charge in [-0.1, -0.05) is 34.1 Å². The highest BCUT2D eigenvalue weighted by atomic mass is 16.6. The molecule has 0 aromatic carbocycles. The van der Waals surface area contributed by atoms with Crippen molar-refractivity contribution < 1.29 is 19.2 Å². The Labute approximate surface area is 158 Å². The van der Waals surface area contributed by atoms with Crippen molar-refractivity contribution in [3.63, 3.8) is 0 Å². The zero-order valence-electron chi connectivity index (χ0n) is 16.3. The molecule has 27 heavy (non-hydrogen) atoms. The molecular formula is C18H28N4O5. The summed E-state index contributed by atoms with van der Waals surface area (Å²) in [5.41, 5.74) is 4.51. The van der Waals surface area contributed by atoms with Crippen molar-refractivity contribution in [2.75, 3.05) is 0 Å². The maximum atomic E-state index is 12.5. The molecule has 0 saturated heterocycles. The van der Waals surface area contributed by atoms with E-state index in [2.05, 4.69) is 25.9 Å². The number of nitrogens with zero attached hydrogens (tertiary/aromatic N) is 3. The fourth-order valence-electron chi connectivity index (χ4n) is 3.90. The zero-order valence-corrected chi connectivity index (χ0v) is 16.3. The number of nitrogens with two attached hydrogens (primary N) is 1. The second-order valence-corrected chi connectivity index (χ2v) is 7.63. The van der Waals surface area contributed by atoms with Crippen LogP contribution in [0.2, 0.25) is 0 Å². The van der Waals surface area contributed by atoms with Gasteiger partial charge in [-0.15, -0.1) is 0 Å². The van der Waals surface area contributed by atoms with Crippen molar-refractivity contribution in [2.45, 2.75) is 66.0 Å². The average molecular weight is 380 g/mol. The van der Waals surface area contributed by atoms with Gasteiger partial charge < -0.3 is 10.5 Å². The number of ether oxygens (including phenoxy) is 1. The van der Waals surface area contributed by atoms with Crippen molar-refractivity contribution >= 4 is 17.6 Å². The van der Waals surface area contributed by atoms with Crippen LogP contribution < -0.4 is 5.73 Å². The molecule has 0 aliphatic heterocycles. The van der Waals surface area contributed by atoms with E-state index in [4.69, 9.17) is 10.5 Å². The molecule has 3 atom stereocenters. The van der Waals surface area contributed by atoms with Gasteiger partial charge in [-0.2, -0.15) is 5.10 Å². The van der Waals surface area contributed by atoms with Crippen LogP contribution in [0.5, 0.6) is 0 Å². The number of nitro groups is 1. The van der Waals surface area contributed by atoms with E-state index < -0.39 is 28.2 Å². The number of hydrogen-bond donors (Lipinski definition) is 1. The fourth-order valence-corrected chi connectivity index (χ4v) is 3.90. The summed E-state index contributed by atoms with van der Waals surface area (Å²) in [6.45, 7) is 7.78. The van der Waals surface area contributed by atoms with E-state index in [9.17, 15) is 19.7 Å². The maximum Gasteiger partial charge on any atom is 0.328 e. The van der Waals surface area contributed by atoms with Crippen LogP contribution >= 0.6 is 0 Å². The van der Waals surface area contributed by atoms with E-state index in [1.54, 1.807) is 6.92 Å². The van der Waals surface area contributed by atoms with Crippen LogP contribution in [-0.4, -0.2) is 32.7 Å². The van der Waals surface area contributed by atoms with Crippen molar-refractivity contribution in [3.05, 3.63) is 21.5 Å². The third-order valence-electron chi connectivity index (χ3n) is 5.30. The molecular weight excluding hydrogens is 352 g/mol. The lowest BCUT2D eigenvalue weighted by atomic mass is 9.75. The molecule has 1 aliphatic rings. The van der Waals surface area contributed by atoms with E-state index in [1.807, 2.05) is 0 Å². The van der Waals surface area contributed by atoms with Gasteiger partial charge in [0.15, 0.2) is 0 Å². The first-order chi connectivity index (χ1) is 12.6. The highest BCUT2D eigenvalue weighted by molar-refractivity contribution is 5.95. The summed E-state index contributed by atoms with van der Waals surface area (Å²) < 4.78 is 6.89. The monoisotopic (exact) mass is 380 g/mol. The Hall–Kier alpha value is -2.45. The molecule has 9 nitrogen and oxygen atoms in total. The maximum absolute atomic E-state index is 12.5. The van der Waals surface area contributed by atoms with Crippen molar-refractivity contribution in [3.8, 4) is 0 Å². The molecule has 1 heterocycles. The molecule has 1 amide bonds. The lowest BCUT2D eigenvalue weighted by Gasteiger charge is -2.36. The Morgan fingerprint density at radius 2 is 2.07 bits per heavy atom. The zero-order chi connectivity index (χ0) is 20.3. The fraction of sp³-hybridized carbons (Fsp3) is 0.722. The molecule has 0 spiro atoms. The van der Waals surface area contributed by atoms with E-state index in [-0.39, 0.29) is 24.8 Å². The number of aromatic nitrogens is 2. The molecule has 150 valence electrons. The standard InChI is InChI=1S/C18H28N4O5/c1-5-13-17(22(25)26)16(18(19)24)20-21(13)9-15(23)27-14-8-11(4)6-7-12(14)10(2)3/h10-12,14H,5-9H2,1-4H3,(H2,19,24)/t11-,12+,14-/m1/s1. The summed E-state index contributed by atoms with van der Waals surface area (Å²) in [6, 6.07) is 0. The molecule has 0 bridgehead atoms. The van der Waals surface area contributed by atoms with Gasteiger partial charge in [0.25, 0.3) is 5.91 Å². The Morgan fingerprint density at radius 3 is 2.59 bits per heavy atom. The summed E-state index contributed by atoms with van der Waals surface area (Å²) in [5, 5.41) is 15.2. The number of carbonyl (C=O) groups excluding carboxylic acids is 2. The molecule has 1 aromatic rings. The third-order valence-corrected chi connectivity index (χ3v) is 5.30. The van der Waals surface area contributed by atoms with Crippen LogP contribution in [0.25, 0.3) is 0 Å². The lowest BCUT2D eigenvalue weighted by Crippen LogP contribution is -2.36. The molecule has 1 saturated carbocycles. The normalized spacial score (nSPS) is 22.6. The molecule has 1 aliphatic carbocycles. The van der Waals surface area contributed by atoms with Gasteiger partial charge in [0.1, 0.15) is 18.3 Å². The minimum atomic E-state index is -0.996. The number of amides is 1. The van der Waals surface area contributed by atoms with Crippen LogP contribution in [0.15, 0.2) is 0 Å². The van der Waals surface area contributed by atoms with Crippen molar-refractivity contribution in [1.29, 1.82) is 0 Å². The number of carbonyl (C=O) groups is 2. The van der Waals surface area contributed by atoms with Crippen LogP contribution in [-0.2, 0) is 22.5 Å². The second kappa shape index (κ2) is 8.49. The lowest BCUT2D eigenvalue weighted by molar-refractivity contribution is -0.385. The number of primary amides is 1. The highest BCUT2D eigenvalue weighted by Crippen LogP contribution is 2.35. The first-order valence-electron chi connectivity index (χ1n) is 9.38. The van der Waals surface area contributed by atoms with E-state index in [0.29, 0.717) is 17.8 Å². The molecule has 1 aromatic heterocycles. The summed E-state index contributed by atoms with van der Waals surface area (Å²) in [5.74, 6) is -0.332. The first kappa shape index (κ1) is 20.9. The van der Waals surface area contributed by atoms with E-state index in [1.165, 1.54) is 0 Å². The third kappa shape index (κ3) is 4.64. The van der Waals surface area contributed by atoms with Gasteiger partial charge in [-0.05, 0) is 37.0 Å². The second-order valence-electron chi connectivity index (χ2n) is 7.63. The minimum absolute atomic E-state index is 0.174.